The summed E-state index contributed by atoms with van der Waals surface area (Å²) in [7, 11) is 0. The van der Waals surface area contributed by atoms with Crippen molar-refractivity contribution < 1.29 is 4.79 Å². The largest absolute Gasteiger partial charge is 0.330 e. The highest BCUT2D eigenvalue weighted by Crippen LogP contribution is 2.35. The Hall–Kier alpha value is -2.57. The lowest BCUT2D eigenvalue weighted by atomic mass is 10.1. The summed E-state index contributed by atoms with van der Waals surface area (Å²) in [6, 6.07) is 18.9. The Morgan fingerprint density at radius 1 is 0.969 bits per heavy atom. The number of carbonyl (C=O) groups excluding carboxylic acids is 1. The minimum absolute atomic E-state index is 0.195. The zero-order chi connectivity index (χ0) is 21.5. The first-order valence-corrected chi connectivity index (χ1v) is 12.5. The molecule has 2 atom stereocenters. The molecule has 1 aliphatic carbocycles. The van der Waals surface area contributed by atoms with E-state index in [1.165, 1.54) is 19.4 Å². The molecule has 2 aliphatic heterocycles. The van der Waals surface area contributed by atoms with Gasteiger partial charge in [0.15, 0.2) is 0 Å². The maximum absolute atomic E-state index is 13.3. The normalized spacial score (nSPS) is 22.9. The number of fused-ring (bicyclic) bond motifs is 3. The van der Waals surface area contributed by atoms with Crippen LogP contribution >= 0.6 is 11.9 Å². The van der Waals surface area contributed by atoms with Crippen LogP contribution < -0.4 is 4.72 Å². The minimum Gasteiger partial charge on any atom is -0.330 e. The molecule has 2 aromatic carbocycles. The van der Waals surface area contributed by atoms with Crippen molar-refractivity contribution in [1.82, 2.24) is 14.8 Å². The molecule has 1 aromatic heterocycles. The molecule has 3 aliphatic rings. The lowest BCUT2D eigenvalue weighted by Crippen LogP contribution is -2.56. The summed E-state index contributed by atoms with van der Waals surface area (Å²) in [4.78, 5) is 23.7. The summed E-state index contributed by atoms with van der Waals surface area (Å²) in [6.45, 7) is 3.33. The van der Waals surface area contributed by atoms with Gasteiger partial charge in [0.1, 0.15) is 0 Å². The molecule has 6 heteroatoms. The van der Waals surface area contributed by atoms with Crippen molar-refractivity contribution in [3.8, 4) is 0 Å². The highest BCUT2D eigenvalue weighted by atomic mass is 32.2. The Morgan fingerprint density at radius 2 is 1.72 bits per heavy atom. The number of pyridine rings is 1. The molecule has 164 valence electrons. The molecule has 1 N–H and O–H groups in total. The predicted octanol–water partition coefficient (Wildman–Crippen LogP) is 5.05. The SMILES string of the molecule is O=C(c1ccc(NSc2cccc3cccnc23)cc1)N1C2CCC1CN(CC1CC1)C2. The number of nitrogens with zero attached hydrogens (tertiary/aromatic N) is 3. The van der Waals surface area contributed by atoms with Crippen LogP contribution in [0.5, 0.6) is 0 Å². The maximum atomic E-state index is 13.3. The third-order valence-corrected chi connectivity index (χ3v) is 7.90. The summed E-state index contributed by atoms with van der Waals surface area (Å²) in [5.41, 5.74) is 2.77. The van der Waals surface area contributed by atoms with Gasteiger partial charge >= 0.3 is 0 Å². The van der Waals surface area contributed by atoms with Crippen LogP contribution in [0.25, 0.3) is 10.9 Å². The molecule has 3 aromatic rings. The zero-order valence-electron chi connectivity index (χ0n) is 18.1. The molecule has 6 rings (SSSR count). The topological polar surface area (TPSA) is 48.5 Å². The molecule has 3 heterocycles. The summed E-state index contributed by atoms with van der Waals surface area (Å²) in [6.07, 6.45) is 6.90. The van der Waals surface area contributed by atoms with E-state index in [1.807, 2.05) is 36.5 Å². The van der Waals surface area contributed by atoms with Crippen LogP contribution in [0.2, 0.25) is 0 Å². The summed E-state index contributed by atoms with van der Waals surface area (Å²) < 4.78 is 3.40. The van der Waals surface area contributed by atoms with Crippen LogP contribution in [0, 0.1) is 5.92 Å². The van der Waals surface area contributed by atoms with Crippen molar-refractivity contribution in [2.75, 3.05) is 24.4 Å². The highest BCUT2D eigenvalue weighted by molar-refractivity contribution is 8.00. The molecular formula is C26H28N4OS. The first kappa shape index (κ1) is 20.1. The molecular weight excluding hydrogens is 416 g/mol. The number of piperazine rings is 1. The molecule has 2 unspecified atom stereocenters. The lowest BCUT2D eigenvalue weighted by Gasteiger charge is -2.41. The Bertz CT molecular complexity index is 1110. The Kier molecular flexibility index (Phi) is 5.27. The van der Waals surface area contributed by atoms with E-state index in [0.29, 0.717) is 12.1 Å². The zero-order valence-corrected chi connectivity index (χ0v) is 18.9. The van der Waals surface area contributed by atoms with Gasteiger partial charge in [0.25, 0.3) is 5.91 Å². The van der Waals surface area contributed by atoms with Crippen LogP contribution in [0.1, 0.15) is 36.0 Å². The first-order chi connectivity index (χ1) is 15.7. The van der Waals surface area contributed by atoms with Crippen molar-refractivity contribution in [2.24, 2.45) is 5.92 Å². The van der Waals surface area contributed by atoms with Crippen LogP contribution in [0.15, 0.2) is 65.7 Å². The third kappa shape index (κ3) is 3.97. The van der Waals surface area contributed by atoms with E-state index < -0.39 is 0 Å². The number of benzene rings is 2. The van der Waals surface area contributed by atoms with Gasteiger partial charge in [0, 0.05) is 54.6 Å². The van der Waals surface area contributed by atoms with E-state index in [4.69, 9.17) is 0 Å². The van der Waals surface area contributed by atoms with Crippen molar-refractivity contribution in [2.45, 2.75) is 42.7 Å². The summed E-state index contributed by atoms with van der Waals surface area (Å²) >= 11 is 1.55. The van der Waals surface area contributed by atoms with Crippen LogP contribution in [-0.2, 0) is 0 Å². The fourth-order valence-electron chi connectivity index (χ4n) is 5.24. The van der Waals surface area contributed by atoms with E-state index in [9.17, 15) is 4.79 Å². The van der Waals surface area contributed by atoms with Gasteiger partial charge in [-0.25, -0.2) is 0 Å². The number of hydrogen-bond donors (Lipinski definition) is 1. The number of amides is 1. The van der Waals surface area contributed by atoms with Crippen molar-refractivity contribution in [1.29, 1.82) is 0 Å². The molecule has 32 heavy (non-hydrogen) atoms. The number of hydrogen-bond acceptors (Lipinski definition) is 5. The Morgan fingerprint density at radius 3 is 2.47 bits per heavy atom. The lowest BCUT2D eigenvalue weighted by molar-refractivity contribution is 0.0412. The average Bonchev–Trinajstić information content (AvgIpc) is 3.60. The number of aromatic nitrogens is 1. The van der Waals surface area contributed by atoms with Crippen LogP contribution in [0.3, 0.4) is 0 Å². The number of anilines is 1. The van der Waals surface area contributed by atoms with Gasteiger partial charge in [-0.3, -0.25) is 14.7 Å². The fraction of sp³-hybridized carbons (Fsp3) is 0.385. The molecule has 1 amide bonds. The molecule has 2 saturated heterocycles. The van der Waals surface area contributed by atoms with E-state index in [2.05, 4.69) is 43.8 Å². The summed E-state index contributed by atoms with van der Waals surface area (Å²) in [5.74, 6) is 1.11. The van der Waals surface area contributed by atoms with E-state index in [-0.39, 0.29) is 5.91 Å². The number of para-hydroxylation sites is 1. The van der Waals surface area contributed by atoms with Gasteiger partial charge in [-0.05, 0) is 79.9 Å². The standard InChI is InChI=1S/C26H28N4OS/c31-26(30-22-12-13-23(30)17-29(16-22)15-18-6-7-18)20-8-10-21(11-9-20)28-32-24-5-1-3-19-4-2-14-27-25(19)24/h1-5,8-11,14,18,22-23,28H,6-7,12-13,15-17H2. The second-order valence-electron chi connectivity index (χ2n) is 9.37. The first-order valence-electron chi connectivity index (χ1n) is 11.7. The third-order valence-electron chi connectivity index (χ3n) is 7.01. The van der Waals surface area contributed by atoms with Gasteiger partial charge in [-0.15, -0.1) is 0 Å². The molecule has 2 bridgehead atoms. The molecule has 1 saturated carbocycles. The van der Waals surface area contributed by atoms with E-state index >= 15 is 0 Å². The Balaban J connectivity index is 1.11. The van der Waals surface area contributed by atoms with Gasteiger partial charge < -0.3 is 9.62 Å². The maximum Gasteiger partial charge on any atom is 0.254 e. The number of likely N-dealkylation sites (tertiary alicyclic amines) is 1. The monoisotopic (exact) mass is 444 g/mol. The molecule has 0 spiro atoms. The second-order valence-corrected chi connectivity index (χ2v) is 10.2. The van der Waals surface area contributed by atoms with Gasteiger partial charge in [-0.2, -0.15) is 0 Å². The molecule has 0 radical (unpaired) electrons. The van der Waals surface area contributed by atoms with Crippen LogP contribution in [0.4, 0.5) is 5.69 Å². The number of carbonyl (C=O) groups is 1. The average molecular weight is 445 g/mol. The molecule has 3 fully saturated rings. The van der Waals surface area contributed by atoms with E-state index in [1.54, 1.807) is 11.9 Å². The van der Waals surface area contributed by atoms with Crippen LogP contribution in [-0.4, -0.2) is 52.4 Å². The quantitative estimate of drug-likeness (QED) is 0.539. The van der Waals surface area contributed by atoms with Gasteiger partial charge in [-0.1, -0.05) is 18.2 Å². The van der Waals surface area contributed by atoms with Gasteiger partial charge in [0.2, 0.25) is 0 Å². The van der Waals surface area contributed by atoms with Crippen molar-refractivity contribution in [3.63, 3.8) is 0 Å². The number of rotatable bonds is 6. The number of nitrogens with one attached hydrogen (secondary N) is 1. The second kappa shape index (κ2) is 8.41. The smallest absolute Gasteiger partial charge is 0.254 e. The van der Waals surface area contributed by atoms with Crippen molar-refractivity contribution >= 4 is 34.4 Å². The predicted molar refractivity (Wildman–Crippen MR) is 130 cm³/mol. The van der Waals surface area contributed by atoms with Gasteiger partial charge in [0.05, 0.1) is 10.4 Å². The fourth-order valence-corrected chi connectivity index (χ4v) is 6.02. The highest BCUT2D eigenvalue weighted by Gasteiger charge is 2.43. The summed E-state index contributed by atoms with van der Waals surface area (Å²) in [5, 5.41) is 1.13. The van der Waals surface area contributed by atoms with Crippen molar-refractivity contribution in [3.05, 3.63) is 66.4 Å². The molecule has 5 nitrogen and oxygen atoms in total. The van der Waals surface area contributed by atoms with E-state index in [0.717, 1.165) is 58.9 Å². The minimum atomic E-state index is 0.195. The Labute approximate surface area is 193 Å².